The van der Waals surface area contributed by atoms with Gasteiger partial charge < -0.3 is 14.6 Å². The number of rotatable bonds is 6. The third kappa shape index (κ3) is 2.59. The summed E-state index contributed by atoms with van der Waals surface area (Å²) in [5.74, 6) is 0.738. The van der Waals surface area contributed by atoms with Gasteiger partial charge in [0.25, 0.3) is 0 Å². The second kappa shape index (κ2) is 5.48. The Morgan fingerprint density at radius 3 is 2.67 bits per heavy atom. The predicted octanol–water partition coefficient (Wildman–Crippen LogP) is 2.51. The van der Waals surface area contributed by atoms with E-state index in [1.807, 2.05) is 0 Å². The van der Waals surface area contributed by atoms with Crippen molar-refractivity contribution in [3.8, 4) is 0 Å². The van der Waals surface area contributed by atoms with E-state index in [2.05, 4.69) is 0 Å². The van der Waals surface area contributed by atoms with Gasteiger partial charge in [0.15, 0.2) is 0 Å². The van der Waals surface area contributed by atoms with Gasteiger partial charge in [-0.2, -0.15) is 0 Å². The molecule has 0 bridgehead atoms. The molecule has 3 aliphatic rings. The first-order valence-corrected chi connectivity index (χ1v) is 7.68. The van der Waals surface area contributed by atoms with Crippen LogP contribution in [0.4, 0.5) is 0 Å². The molecule has 3 heteroatoms. The van der Waals surface area contributed by atoms with Crippen LogP contribution in [0.5, 0.6) is 0 Å². The Labute approximate surface area is 110 Å². The van der Waals surface area contributed by atoms with Crippen molar-refractivity contribution in [1.29, 1.82) is 0 Å². The van der Waals surface area contributed by atoms with E-state index in [1.165, 1.54) is 38.5 Å². The highest BCUT2D eigenvalue weighted by Gasteiger charge is 2.50. The summed E-state index contributed by atoms with van der Waals surface area (Å²) in [6, 6.07) is 0. The molecular formula is C15H26O3. The summed E-state index contributed by atoms with van der Waals surface area (Å²) in [4.78, 5) is 0. The van der Waals surface area contributed by atoms with Crippen LogP contribution in [0.2, 0.25) is 0 Å². The zero-order valence-corrected chi connectivity index (χ0v) is 11.3. The Kier molecular flexibility index (Phi) is 3.92. The molecule has 0 aromatic heterocycles. The first kappa shape index (κ1) is 12.9. The highest BCUT2D eigenvalue weighted by atomic mass is 16.5. The Morgan fingerprint density at radius 2 is 2.00 bits per heavy atom. The maximum absolute atomic E-state index is 9.84. The molecule has 0 radical (unpaired) electrons. The second-order valence-corrected chi connectivity index (χ2v) is 6.43. The Balaban J connectivity index is 1.50. The number of hydrogen-bond acceptors (Lipinski definition) is 3. The maximum atomic E-state index is 9.84. The Hall–Kier alpha value is -0.120. The summed E-state index contributed by atoms with van der Waals surface area (Å²) >= 11 is 0. The topological polar surface area (TPSA) is 38.7 Å². The molecule has 0 aromatic carbocycles. The zero-order chi connectivity index (χ0) is 12.4. The van der Waals surface area contributed by atoms with Gasteiger partial charge in [-0.15, -0.1) is 0 Å². The third-order valence-electron chi connectivity index (χ3n) is 5.09. The molecular weight excluding hydrogens is 228 g/mol. The highest BCUT2D eigenvalue weighted by Crippen LogP contribution is 2.50. The Morgan fingerprint density at radius 1 is 1.11 bits per heavy atom. The number of hydrogen-bond donors (Lipinski definition) is 1. The maximum Gasteiger partial charge on any atom is 0.0682 e. The summed E-state index contributed by atoms with van der Waals surface area (Å²) in [7, 11) is 0. The van der Waals surface area contributed by atoms with Crippen molar-refractivity contribution in [2.45, 2.75) is 63.6 Å². The molecule has 3 unspecified atom stereocenters. The van der Waals surface area contributed by atoms with Crippen LogP contribution in [0.1, 0.15) is 51.4 Å². The Bertz CT molecular complexity index is 271. The number of ether oxygens (including phenoxy) is 2. The van der Waals surface area contributed by atoms with Crippen molar-refractivity contribution < 1.29 is 14.6 Å². The molecule has 1 N–H and O–H groups in total. The van der Waals surface area contributed by atoms with Gasteiger partial charge in [0.1, 0.15) is 0 Å². The fourth-order valence-corrected chi connectivity index (χ4v) is 3.81. The first-order valence-electron chi connectivity index (χ1n) is 7.68. The molecule has 1 aliphatic carbocycles. The van der Waals surface area contributed by atoms with Gasteiger partial charge in [-0.3, -0.25) is 0 Å². The van der Waals surface area contributed by atoms with Crippen LogP contribution in [-0.4, -0.2) is 37.1 Å². The summed E-state index contributed by atoms with van der Waals surface area (Å²) in [6.07, 6.45) is 10.4. The third-order valence-corrected chi connectivity index (χ3v) is 5.09. The fourth-order valence-electron chi connectivity index (χ4n) is 3.81. The lowest BCUT2D eigenvalue weighted by atomic mass is 9.75. The van der Waals surface area contributed by atoms with Gasteiger partial charge >= 0.3 is 0 Å². The monoisotopic (exact) mass is 254 g/mol. The van der Waals surface area contributed by atoms with Gasteiger partial charge in [0.05, 0.1) is 18.8 Å². The summed E-state index contributed by atoms with van der Waals surface area (Å²) in [5, 5.41) is 9.84. The van der Waals surface area contributed by atoms with Crippen LogP contribution in [0, 0.1) is 11.3 Å². The summed E-state index contributed by atoms with van der Waals surface area (Å²) < 4.78 is 11.6. The van der Waals surface area contributed by atoms with Crippen LogP contribution in [-0.2, 0) is 9.47 Å². The molecule has 2 aliphatic heterocycles. The average Bonchev–Trinajstić information content (AvgIpc) is 2.93. The lowest BCUT2D eigenvalue weighted by Gasteiger charge is -2.32. The fraction of sp³-hybridized carbons (Fsp3) is 1.00. The molecule has 2 saturated heterocycles. The minimum absolute atomic E-state index is 0.0692. The standard InChI is InChI=1S/C15H26O3/c16-11-15(7-1-3-13-4-2-9-17-13)8-10-18-14(15)12-5-6-12/h12-14,16H,1-11H2. The molecule has 2 heterocycles. The molecule has 3 atom stereocenters. The highest BCUT2D eigenvalue weighted by molar-refractivity contribution is 4.99. The molecule has 0 aromatic rings. The molecule has 104 valence electrons. The number of aliphatic hydroxyl groups excluding tert-OH is 1. The lowest BCUT2D eigenvalue weighted by molar-refractivity contribution is -0.00768. The largest absolute Gasteiger partial charge is 0.396 e. The van der Waals surface area contributed by atoms with E-state index in [0.717, 1.165) is 32.0 Å². The van der Waals surface area contributed by atoms with Crippen molar-refractivity contribution in [1.82, 2.24) is 0 Å². The van der Waals surface area contributed by atoms with Gasteiger partial charge in [-0.1, -0.05) is 6.42 Å². The van der Waals surface area contributed by atoms with E-state index in [9.17, 15) is 5.11 Å². The van der Waals surface area contributed by atoms with Gasteiger partial charge in [0, 0.05) is 18.6 Å². The van der Waals surface area contributed by atoms with Crippen LogP contribution in [0.3, 0.4) is 0 Å². The summed E-state index contributed by atoms with van der Waals surface area (Å²) in [6.45, 7) is 2.10. The van der Waals surface area contributed by atoms with Crippen molar-refractivity contribution in [2.24, 2.45) is 11.3 Å². The molecule has 3 rings (SSSR count). The average molecular weight is 254 g/mol. The molecule has 0 amide bonds. The summed E-state index contributed by atoms with van der Waals surface area (Å²) in [5.41, 5.74) is 0.0692. The van der Waals surface area contributed by atoms with Crippen LogP contribution >= 0.6 is 0 Å². The minimum atomic E-state index is 0.0692. The van der Waals surface area contributed by atoms with E-state index in [0.29, 0.717) is 18.8 Å². The van der Waals surface area contributed by atoms with Crippen molar-refractivity contribution in [2.75, 3.05) is 19.8 Å². The quantitative estimate of drug-likeness (QED) is 0.791. The molecule has 18 heavy (non-hydrogen) atoms. The van der Waals surface area contributed by atoms with Gasteiger partial charge in [-0.25, -0.2) is 0 Å². The van der Waals surface area contributed by atoms with Crippen LogP contribution < -0.4 is 0 Å². The smallest absolute Gasteiger partial charge is 0.0682 e. The normalized spacial score (nSPS) is 40.5. The van der Waals surface area contributed by atoms with E-state index in [4.69, 9.17) is 9.47 Å². The van der Waals surface area contributed by atoms with E-state index in [-0.39, 0.29) is 5.41 Å². The van der Waals surface area contributed by atoms with Crippen molar-refractivity contribution >= 4 is 0 Å². The van der Waals surface area contributed by atoms with E-state index < -0.39 is 0 Å². The number of aliphatic hydroxyl groups is 1. The second-order valence-electron chi connectivity index (χ2n) is 6.43. The van der Waals surface area contributed by atoms with E-state index in [1.54, 1.807) is 0 Å². The van der Waals surface area contributed by atoms with Crippen molar-refractivity contribution in [3.63, 3.8) is 0 Å². The predicted molar refractivity (Wildman–Crippen MR) is 69.4 cm³/mol. The first-order chi connectivity index (χ1) is 8.84. The molecule has 3 fully saturated rings. The zero-order valence-electron chi connectivity index (χ0n) is 11.3. The SMILES string of the molecule is OCC1(CCCC2CCCO2)CCOC1C1CC1. The molecule has 0 spiro atoms. The van der Waals surface area contributed by atoms with Crippen LogP contribution in [0.25, 0.3) is 0 Å². The van der Waals surface area contributed by atoms with E-state index >= 15 is 0 Å². The van der Waals surface area contributed by atoms with Gasteiger partial charge in [0.2, 0.25) is 0 Å². The van der Waals surface area contributed by atoms with Crippen LogP contribution in [0.15, 0.2) is 0 Å². The lowest BCUT2D eigenvalue weighted by Crippen LogP contribution is -2.36. The molecule has 1 saturated carbocycles. The minimum Gasteiger partial charge on any atom is -0.396 e. The molecule has 3 nitrogen and oxygen atoms in total. The van der Waals surface area contributed by atoms with Gasteiger partial charge in [-0.05, 0) is 50.9 Å². The van der Waals surface area contributed by atoms with Crippen molar-refractivity contribution in [3.05, 3.63) is 0 Å².